The zero-order valence-electron chi connectivity index (χ0n) is 10.3. The van der Waals surface area contributed by atoms with Gasteiger partial charge in [0.15, 0.2) is 0 Å². The Morgan fingerprint density at radius 3 is 2.83 bits per heavy atom. The van der Waals surface area contributed by atoms with Gasteiger partial charge in [-0.2, -0.15) is 4.98 Å². The van der Waals surface area contributed by atoms with Gasteiger partial charge in [0.1, 0.15) is 10.6 Å². The topological polar surface area (TPSA) is 75.3 Å². The summed E-state index contributed by atoms with van der Waals surface area (Å²) in [6.45, 7) is 3.49. The molecule has 0 aliphatic carbocycles. The third kappa shape index (κ3) is 2.02. The van der Waals surface area contributed by atoms with Gasteiger partial charge in [0.05, 0.1) is 11.0 Å². The van der Waals surface area contributed by atoms with E-state index in [0.717, 1.165) is 42.0 Å². The Labute approximate surface area is 109 Å². The standard InChI is InChI=1S/C12H16N4OS/c1-12(17)3-5-16(6-4-12)9-8-2-7-18-10(8)15-11(13)14-9/h2,7,17H,3-6H2,1H3,(H2,13,14,15). The van der Waals surface area contributed by atoms with Crippen LogP contribution in [-0.2, 0) is 0 Å². The fraction of sp³-hybridized carbons (Fsp3) is 0.500. The second kappa shape index (κ2) is 4.07. The first kappa shape index (κ1) is 11.7. The lowest BCUT2D eigenvalue weighted by Gasteiger charge is -2.36. The molecule has 1 aliphatic rings. The fourth-order valence-electron chi connectivity index (χ4n) is 2.30. The van der Waals surface area contributed by atoms with E-state index in [1.54, 1.807) is 11.3 Å². The van der Waals surface area contributed by atoms with Gasteiger partial charge in [0.25, 0.3) is 0 Å². The van der Waals surface area contributed by atoms with E-state index >= 15 is 0 Å². The zero-order chi connectivity index (χ0) is 12.8. The molecule has 3 rings (SSSR count). The predicted molar refractivity (Wildman–Crippen MR) is 73.9 cm³/mol. The number of thiophene rings is 1. The van der Waals surface area contributed by atoms with Crippen LogP contribution in [0.1, 0.15) is 19.8 Å². The summed E-state index contributed by atoms with van der Waals surface area (Å²) in [6, 6.07) is 2.03. The van der Waals surface area contributed by atoms with Crippen molar-refractivity contribution in [2.45, 2.75) is 25.4 Å². The lowest BCUT2D eigenvalue weighted by atomic mass is 9.94. The maximum absolute atomic E-state index is 9.98. The van der Waals surface area contributed by atoms with Gasteiger partial charge in [-0.15, -0.1) is 11.3 Å². The molecular weight excluding hydrogens is 248 g/mol. The Hall–Kier alpha value is -1.40. The van der Waals surface area contributed by atoms with E-state index in [2.05, 4.69) is 14.9 Å². The van der Waals surface area contributed by atoms with Gasteiger partial charge in [-0.1, -0.05) is 0 Å². The number of anilines is 2. The number of hydrogen-bond donors (Lipinski definition) is 2. The minimum absolute atomic E-state index is 0.317. The first-order valence-electron chi connectivity index (χ1n) is 6.03. The molecule has 96 valence electrons. The molecule has 0 aromatic carbocycles. The van der Waals surface area contributed by atoms with E-state index in [1.165, 1.54) is 0 Å². The predicted octanol–water partition coefficient (Wildman–Crippen LogP) is 1.62. The highest BCUT2D eigenvalue weighted by atomic mass is 32.1. The summed E-state index contributed by atoms with van der Waals surface area (Å²) >= 11 is 1.57. The number of rotatable bonds is 1. The van der Waals surface area contributed by atoms with E-state index in [9.17, 15) is 5.11 Å². The molecule has 0 saturated carbocycles. The van der Waals surface area contributed by atoms with Crippen LogP contribution in [0.5, 0.6) is 0 Å². The van der Waals surface area contributed by atoms with E-state index < -0.39 is 5.60 Å². The molecule has 6 heteroatoms. The van der Waals surface area contributed by atoms with E-state index in [0.29, 0.717) is 5.95 Å². The summed E-state index contributed by atoms with van der Waals surface area (Å²) in [5, 5.41) is 13.0. The molecular formula is C12H16N4OS. The van der Waals surface area contributed by atoms with Crippen LogP contribution in [0.2, 0.25) is 0 Å². The molecule has 0 atom stereocenters. The van der Waals surface area contributed by atoms with Crippen LogP contribution in [-0.4, -0.2) is 33.8 Å². The van der Waals surface area contributed by atoms with Crippen LogP contribution in [0.25, 0.3) is 10.2 Å². The Bertz CT molecular complexity index is 570. The summed E-state index contributed by atoms with van der Waals surface area (Å²) in [5.74, 6) is 1.21. The van der Waals surface area contributed by atoms with Crippen molar-refractivity contribution in [3.05, 3.63) is 11.4 Å². The van der Waals surface area contributed by atoms with Gasteiger partial charge < -0.3 is 15.7 Å². The number of nitrogens with zero attached hydrogens (tertiary/aromatic N) is 3. The van der Waals surface area contributed by atoms with Gasteiger partial charge in [0.2, 0.25) is 5.95 Å². The first-order chi connectivity index (χ1) is 8.55. The maximum atomic E-state index is 9.98. The maximum Gasteiger partial charge on any atom is 0.223 e. The number of fused-ring (bicyclic) bond motifs is 1. The molecule has 0 amide bonds. The number of piperidine rings is 1. The van der Waals surface area contributed by atoms with Crippen molar-refractivity contribution in [1.29, 1.82) is 0 Å². The van der Waals surface area contributed by atoms with Gasteiger partial charge >= 0.3 is 0 Å². The molecule has 2 aromatic rings. The number of nitrogen functional groups attached to an aromatic ring is 1. The zero-order valence-corrected chi connectivity index (χ0v) is 11.1. The molecule has 3 heterocycles. The summed E-state index contributed by atoms with van der Waals surface area (Å²) in [7, 11) is 0. The van der Waals surface area contributed by atoms with Crippen molar-refractivity contribution in [1.82, 2.24) is 9.97 Å². The SMILES string of the molecule is CC1(O)CCN(c2nc(N)nc3sccc23)CC1. The lowest BCUT2D eigenvalue weighted by Crippen LogP contribution is -2.42. The van der Waals surface area contributed by atoms with Crippen molar-refractivity contribution >= 4 is 33.3 Å². The Morgan fingerprint density at radius 2 is 2.11 bits per heavy atom. The third-order valence-corrected chi connectivity index (χ3v) is 4.27. The van der Waals surface area contributed by atoms with Crippen molar-refractivity contribution in [2.24, 2.45) is 0 Å². The molecule has 5 nitrogen and oxygen atoms in total. The summed E-state index contributed by atoms with van der Waals surface area (Å²) < 4.78 is 0. The van der Waals surface area contributed by atoms with Crippen LogP contribution < -0.4 is 10.6 Å². The smallest absolute Gasteiger partial charge is 0.223 e. The Kier molecular flexibility index (Phi) is 2.64. The Morgan fingerprint density at radius 1 is 1.39 bits per heavy atom. The largest absolute Gasteiger partial charge is 0.390 e. The van der Waals surface area contributed by atoms with Crippen molar-refractivity contribution in [3.8, 4) is 0 Å². The van der Waals surface area contributed by atoms with Crippen molar-refractivity contribution in [3.63, 3.8) is 0 Å². The molecule has 1 fully saturated rings. The molecule has 3 N–H and O–H groups in total. The lowest BCUT2D eigenvalue weighted by molar-refractivity contribution is 0.0350. The quantitative estimate of drug-likeness (QED) is 0.818. The van der Waals surface area contributed by atoms with Crippen LogP contribution in [0, 0.1) is 0 Å². The minimum atomic E-state index is -0.553. The molecule has 0 spiro atoms. The molecule has 0 bridgehead atoms. The monoisotopic (exact) mass is 264 g/mol. The number of hydrogen-bond acceptors (Lipinski definition) is 6. The number of aromatic nitrogens is 2. The van der Waals surface area contributed by atoms with Crippen LogP contribution in [0.4, 0.5) is 11.8 Å². The van der Waals surface area contributed by atoms with E-state index in [-0.39, 0.29) is 0 Å². The minimum Gasteiger partial charge on any atom is -0.390 e. The molecule has 0 unspecified atom stereocenters. The molecule has 0 radical (unpaired) electrons. The van der Waals surface area contributed by atoms with Crippen molar-refractivity contribution < 1.29 is 5.11 Å². The molecule has 2 aromatic heterocycles. The van der Waals surface area contributed by atoms with Crippen LogP contribution >= 0.6 is 11.3 Å². The van der Waals surface area contributed by atoms with Crippen LogP contribution in [0.15, 0.2) is 11.4 Å². The molecule has 1 aliphatic heterocycles. The fourth-order valence-corrected chi connectivity index (χ4v) is 3.06. The second-order valence-corrected chi connectivity index (χ2v) is 5.92. The summed E-state index contributed by atoms with van der Waals surface area (Å²) in [6.07, 6.45) is 1.51. The first-order valence-corrected chi connectivity index (χ1v) is 6.91. The Balaban J connectivity index is 1.97. The van der Waals surface area contributed by atoms with E-state index in [4.69, 9.17) is 5.73 Å². The van der Waals surface area contributed by atoms with Gasteiger partial charge in [0, 0.05) is 13.1 Å². The number of aliphatic hydroxyl groups is 1. The third-order valence-electron chi connectivity index (χ3n) is 3.46. The van der Waals surface area contributed by atoms with Gasteiger partial charge in [-0.3, -0.25) is 0 Å². The molecule has 1 saturated heterocycles. The average molecular weight is 264 g/mol. The molecule has 18 heavy (non-hydrogen) atoms. The van der Waals surface area contributed by atoms with Crippen molar-refractivity contribution in [2.75, 3.05) is 23.7 Å². The van der Waals surface area contributed by atoms with Crippen LogP contribution in [0.3, 0.4) is 0 Å². The average Bonchev–Trinajstić information content (AvgIpc) is 2.76. The van der Waals surface area contributed by atoms with Gasteiger partial charge in [-0.05, 0) is 31.2 Å². The van der Waals surface area contributed by atoms with E-state index in [1.807, 2.05) is 18.4 Å². The highest BCUT2D eigenvalue weighted by molar-refractivity contribution is 7.16. The summed E-state index contributed by atoms with van der Waals surface area (Å²) in [5.41, 5.74) is 5.20. The highest BCUT2D eigenvalue weighted by Gasteiger charge is 2.28. The highest BCUT2D eigenvalue weighted by Crippen LogP contribution is 2.31. The number of nitrogens with two attached hydrogens (primary N) is 1. The second-order valence-electron chi connectivity index (χ2n) is 5.03. The normalized spacial score (nSPS) is 19.3. The van der Waals surface area contributed by atoms with Gasteiger partial charge in [-0.25, -0.2) is 4.98 Å². The summed E-state index contributed by atoms with van der Waals surface area (Å²) in [4.78, 5) is 11.7.